The fourth-order valence-electron chi connectivity index (χ4n) is 3.67. The molecule has 3 aromatic rings. The van der Waals surface area contributed by atoms with Crippen LogP contribution in [0.3, 0.4) is 0 Å². The number of amides is 2. The lowest BCUT2D eigenvalue weighted by Crippen LogP contribution is -2.51. The number of ether oxygens (including phenoxy) is 1. The SMILES string of the molecule is CCOC(=O)C1=C(Cn2cnc3scc(-c4ccccc4)c3c2=O)NC(=O)N[C@H]1CC. The van der Waals surface area contributed by atoms with E-state index in [1.807, 2.05) is 42.6 Å². The zero-order valence-electron chi connectivity index (χ0n) is 17.2. The summed E-state index contributed by atoms with van der Waals surface area (Å²) in [6.45, 7) is 3.80. The van der Waals surface area contributed by atoms with Crippen molar-refractivity contribution in [2.45, 2.75) is 32.9 Å². The fourth-order valence-corrected chi connectivity index (χ4v) is 4.57. The van der Waals surface area contributed by atoms with Gasteiger partial charge in [-0.25, -0.2) is 14.6 Å². The highest BCUT2D eigenvalue weighted by Gasteiger charge is 2.31. The van der Waals surface area contributed by atoms with E-state index in [0.717, 1.165) is 11.1 Å². The van der Waals surface area contributed by atoms with Crippen molar-refractivity contribution in [1.82, 2.24) is 20.2 Å². The smallest absolute Gasteiger partial charge is 0.337 e. The van der Waals surface area contributed by atoms with Crippen LogP contribution in [0, 0.1) is 0 Å². The average molecular weight is 439 g/mol. The number of carbonyl (C=O) groups excluding carboxylic acids is 2. The molecule has 0 fully saturated rings. The molecule has 4 rings (SSSR count). The third-order valence-corrected chi connectivity index (χ3v) is 6.01. The van der Waals surface area contributed by atoms with Gasteiger partial charge in [0.25, 0.3) is 5.56 Å². The molecule has 1 aromatic carbocycles. The van der Waals surface area contributed by atoms with Crippen molar-refractivity contribution >= 4 is 33.6 Å². The summed E-state index contributed by atoms with van der Waals surface area (Å²) in [6.07, 6.45) is 1.96. The predicted octanol–water partition coefficient (Wildman–Crippen LogP) is 3.03. The van der Waals surface area contributed by atoms with E-state index in [9.17, 15) is 14.4 Å². The van der Waals surface area contributed by atoms with Crippen molar-refractivity contribution in [1.29, 1.82) is 0 Å². The number of nitrogens with zero attached hydrogens (tertiary/aromatic N) is 2. The van der Waals surface area contributed by atoms with Crippen molar-refractivity contribution in [3.63, 3.8) is 0 Å². The monoisotopic (exact) mass is 438 g/mol. The molecular weight excluding hydrogens is 416 g/mol. The summed E-state index contributed by atoms with van der Waals surface area (Å²) >= 11 is 1.40. The summed E-state index contributed by atoms with van der Waals surface area (Å²) in [7, 11) is 0. The first kappa shape index (κ1) is 20.8. The molecule has 9 heteroatoms. The second-order valence-electron chi connectivity index (χ2n) is 7.05. The van der Waals surface area contributed by atoms with Crippen LogP contribution in [-0.2, 0) is 16.1 Å². The van der Waals surface area contributed by atoms with Gasteiger partial charge in [-0.05, 0) is 18.9 Å². The van der Waals surface area contributed by atoms with Gasteiger partial charge in [0.1, 0.15) is 4.83 Å². The molecule has 2 amide bonds. The third kappa shape index (κ3) is 3.96. The Morgan fingerprint density at radius 2 is 2.00 bits per heavy atom. The maximum atomic E-state index is 13.4. The van der Waals surface area contributed by atoms with Crippen LogP contribution in [0.1, 0.15) is 20.3 Å². The Balaban J connectivity index is 1.81. The number of carbonyl (C=O) groups is 2. The van der Waals surface area contributed by atoms with Gasteiger partial charge >= 0.3 is 12.0 Å². The van der Waals surface area contributed by atoms with Crippen molar-refractivity contribution in [3.8, 4) is 11.1 Å². The summed E-state index contributed by atoms with van der Waals surface area (Å²) in [4.78, 5) is 43.2. The van der Waals surface area contributed by atoms with Crippen molar-refractivity contribution in [2.24, 2.45) is 0 Å². The first-order chi connectivity index (χ1) is 15.0. The minimum atomic E-state index is -0.514. The zero-order chi connectivity index (χ0) is 22.0. The van der Waals surface area contributed by atoms with Crippen molar-refractivity contribution < 1.29 is 14.3 Å². The lowest BCUT2D eigenvalue weighted by atomic mass is 10.00. The maximum absolute atomic E-state index is 13.4. The van der Waals surface area contributed by atoms with E-state index >= 15 is 0 Å². The van der Waals surface area contributed by atoms with Gasteiger partial charge in [0.05, 0.1) is 42.2 Å². The standard InChI is InChI=1S/C22H22N4O4S/c1-3-15-18(21(28)30-4-2)16(25-22(29)24-15)10-26-12-23-19-17(20(26)27)14(11-31-19)13-8-6-5-7-9-13/h5-9,11-12,15H,3-4,10H2,1-2H3,(H2,24,25,29)/t15-/m0/s1. The minimum absolute atomic E-state index is 0.00389. The second kappa shape index (κ2) is 8.73. The van der Waals surface area contributed by atoms with Crippen LogP contribution < -0.4 is 16.2 Å². The molecule has 1 aliphatic heterocycles. The molecule has 3 heterocycles. The number of fused-ring (bicyclic) bond motifs is 1. The Morgan fingerprint density at radius 3 is 2.71 bits per heavy atom. The van der Waals surface area contributed by atoms with Gasteiger partial charge < -0.3 is 15.4 Å². The molecule has 2 N–H and O–H groups in total. The first-order valence-electron chi connectivity index (χ1n) is 10.0. The normalized spacial score (nSPS) is 16.2. The highest BCUT2D eigenvalue weighted by Crippen LogP contribution is 2.30. The minimum Gasteiger partial charge on any atom is -0.463 e. The molecule has 8 nitrogen and oxygen atoms in total. The lowest BCUT2D eigenvalue weighted by molar-refractivity contribution is -0.139. The zero-order valence-corrected chi connectivity index (χ0v) is 18.0. The summed E-state index contributed by atoms with van der Waals surface area (Å²) in [5, 5.41) is 7.85. The van der Waals surface area contributed by atoms with Crippen LogP contribution >= 0.6 is 11.3 Å². The van der Waals surface area contributed by atoms with Crippen molar-refractivity contribution in [2.75, 3.05) is 6.61 Å². The van der Waals surface area contributed by atoms with Gasteiger partial charge in [0.2, 0.25) is 0 Å². The number of allylic oxidation sites excluding steroid dienone is 1. The van der Waals surface area contributed by atoms with E-state index in [1.165, 1.54) is 22.2 Å². The number of aromatic nitrogens is 2. The molecule has 0 bridgehead atoms. The largest absolute Gasteiger partial charge is 0.463 e. The molecule has 0 unspecified atom stereocenters. The number of hydrogen-bond acceptors (Lipinski definition) is 6. The van der Waals surface area contributed by atoms with Crippen molar-refractivity contribution in [3.05, 3.63) is 63.7 Å². The molecular formula is C22H22N4O4S. The van der Waals surface area contributed by atoms with Gasteiger partial charge in [0.15, 0.2) is 0 Å². The van der Waals surface area contributed by atoms with Crippen LogP contribution in [0.2, 0.25) is 0 Å². The molecule has 1 atom stereocenters. The summed E-state index contributed by atoms with van der Waals surface area (Å²) in [5.41, 5.74) is 2.17. The topological polar surface area (TPSA) is 102 Å². The highest BCUT2D eigenvalue weighted by molar-refractivity contribution is 7.17. The lowest BCUT2D eigenvalue weighted by Gasteiger charge is -2.28. The molecule has 0 radical (unpaired) electrons. The molecule has 0 spiro atoms. The predicted molar refractivity (Wildman–Crippen MR) is 119 cm³/mol. The highest BCUT2D eigenvalue weighted by atomic mass is 32.1. The molecule has 1 aliphatic rings. The van der Waals surface area contributed by atoms with Gasteiger partial charge in [-0.2, -0.15) is 0 Å². The van der Waals surface area contributed by atoms with E-state index in [-0.39, 0.29) is 18.7 Å². The van der Waals surface area contributed by atoms with E-state index in [2.05, 4.69) is 15.6 Å². The van der Waals surface area contributed by atoms with E-state index in [4.69, 9.17) is 4.74 Å². The van der Waals surface area contributed by atoms with Crippen LogP contribution in [-0.4, -0.2) is 34.2 Å². The Labute approximate surface area is 182 Å². The molecule has 160 valence electrons. The number of thiophene rings is 1. The Hall–Kier alpha value is -3.46. The number of urea groups is 1. The Morgan fingerprint density at radius 1 is 1.23 bits per heavy atom. The quantitative estimate of drug-likeness (QED) is 0.576. The maximum Gasteiger partial charge on any atom is 0.337 e. The molecule has 0 aliphatic carbocycles. The number of benzene rings is 1. The van der Waals surface area contributed by atoms with Crippen LogP contribution in [0.4, 0.5) is 4.79 Å². The Bertz CT molecular complexity index is 1230. The third-order valence-electron chi connectivity index (χ3n) is 5.12. The van der Waals surface area contributed by atoms with Gasteiger partial charge in [-0.1, -0.05) is 37.3 Å². The first-order valence-corrected chi connectivity index (χ1v) is 10.9. The van der Waals surface area contributed by atoms with Gasteiger partial charge in [-0.15, -0.1) is 11.3 Å². The molecule has 0 saturated heterocycles. The molecule has 2 aromatic heterocycles. The fraction of sp³-hybridized carbons (Fsp3) is 0.273. The number of hydrogen-bond donors (Lipinski definition) is 2. The molecule has 31 heavy (non-hydrogen) atoms. The van der Waals surface area contributed by atoms with E-state index < -0.39 is 18.0 Å². The summed E-state index contributed by atoms with van der Waals surface area (Å²) < 4.78 is 6.60. The summed E-state index contributed by atoms with van der Waals surface area (Å²) in [5.74, 6) is -0.514. The molecule has 0 saturated carbocycles. The number of rotatable bonds is 6. The number of esters is 1. The van der Waals surface area contributed by atoms with Gasteiger partial charge in [-0.3, -0.25) is 9.36 Å². The Kier molecular flexibility index (Phi) is 5.85. The van der Waals surface area contributed by atoms with E-state index in [0.29, 0.717) is 27.9 Å². The van der Waals surface area contributed by atoms with Crippen LogP contribution in [0.5, 0.6) is 0 Å². The average Bonchev–Trinajstić information content (AvgIpc) is 3.21. The van der Waals surface area contributed by atoms with Gasteiger partial charge in [0, 0.05) is 10.9 Å². The van der Waals surface area contributed by atoms with Crippen LogP contribution in [0.15, 0.2) is 58.1 Å². The summed E-state index contributed by atoms with van der Waals surface area (Å²) in [6, 6.07) is 8.73. The number of nitrogens with one attached hydrogen (secondary N) is 2. The van der Waals surface area contributed by atoms with E-state index in [1.54, 1.807) is 6.92 Å². The van der Waals surface area contributed by atoms with Crippen LogP contribution in [0.25, 0.3) is 21.3 Å². The second-order valence-corrected chi connectivity index (χ2v) is 7.90.